The van der Waals surface area contributed by atoms with Gasteiger partial charge in [-0.2, -0.15) is 0 Å². The molecule has 2 fully saturated rings. The number of carbonyl (C=O) groups is 1. The number of nitrogens with zero attached hydrogens (tertiary/aromatic N) is 1. The Kier molecular flexibility index (Phi) is 4.85. The van der Waals surface area contributed by atoms with Crippen LogP contribution in [0.1, 0.15) is 17.5 Å². The van der Waals surface area contributed by atoms with Crippen molar-refractivity contribution in [1.29, 1.82) is 0 Å². The average Bonchev–Trinajstić information content (AvgIpc) is 2.70. The van der Waals surface area contributed by atoms with Crippen LogP contribution >= 0.6 is 0 Å². The summed E-state index contributed by atoms with van der Waals surface area (Å²) >= 11 is 0. The number of amides is 1. The average molecular weight is 370 g/mol. The molecule has 142 valence electrons. The summed E-state index contributed by atoms with van der Waals surface area (Å²) in [5.74, 6) is 0.305. The van der Waals surface area contributed by atoms with Crippen molar-refractivity contribution < 1.29 is 18.7 Å². The summed E-state index contributed by atoms with van der Waals surface area (Å²) in [6, 6.07) is 14.7. The summed E-state index contributed by atoms with van der Waals surface area (Å²) < 4.78 is 25.4. The highest BCUT2D eigenvalue weighted by molar-refractivity contribution is 5.79. The maximum absolute atomic E-state index is 14.2. The minimum absolute atomic E-state index is 0.0562. The lowest BCUT2D eigenvalue weighted by molar-refractivity contribution is -0.152. The number of hydrogen-bond donors (Lipinski definition) is 1. The molecule has 1 N–H and O–H groups in total. The van der Waals surface area contributed by atoms with E-state index in [1.54, 1.807) is 19.2 Å². The van der Waals surface area contributed by atoms with E-state index in [0.29, 0.717) is 30.8 Å². The smallest absolute Gasteiger partial charge is 0.246 e. The van der Waals surface area contributed by atoms with Gasteiger partial charge in [-0.15, -0.1) is 0 Å². The summed E-state index contributed by atoms with van der Waals surface area (Å²) in [5.41, 5.74) is 1.12. The molecule has 0 aliphatic carbocycles. The number of carbonyl (C=O) groups excluding carboxylic acids is 1. The molecule has 2 atom stereocenters. The molecule has 0 radical (unpaired) electrons. The van der Waals surface area contributed by atoms with E-state index < -0.39 is 5.54 Å². The van der Waals surface area contributed by atoms with Crippen LogP contribution < -0.4 is 10.1 Å². The number of nitrogens with one attached hydrogen (secondary N) is 1. The lowest BCUT2D eigenvalue weighted by atomic mass is 9.77. The summed E-state index contributed by atoms with van der Waals surface area (Å²) in [7, 11) is 1.57. The molecule has 0 spiro atoms. The lowest BCUT2D eigenvalue weighted by Crippen LogP contribution is -2.66. The zero-order chi connectivity index (χ0) is 18.9. The molecule has 2 aromatic rings. The maximum Gasteiger partial charge on any atom is 0.246 e. The van der Waals surface area contributed by atoms with Crippen LogP contribution in [0.25, 0.3) is 0 Å². The second-order valence-corrected chi connectivity index (χ2v) is 7.13. The highest BCUT2D eigenvalue weighted by Crippen LogP contribution is 2.37. The Hall–Kier alpha value is -2.44. The van der Waals surface area contributed by atoms with Crippen molar-refractivity contribution in [3.05, 3.63) is 65.5 Å². The van der Waals surface area contributed by atoms with Crippen LogP contribution in [0.3, 0.4) is 0 Å². The third-order valence-corrected chi connectivity index (χ3v) is 5.51. The van der Waals surface area contributed by atoms with Gasteiger partial charge in [-0.05, 0) is 30.2 Å². The Labute approximate surface area is 158 Å². The van der Waals surface area contributed by atoms with E-state index in [0.717, 1.165) is 12.1 Å². The number of halogens is 1. The number of morpholine rings is 1. The van der Waals surface area contributed by atoms with Crippen molar-refractivity contribution in [3.63, 3.8) is 0 Å². The Balaban J connectivity index is 1.56. The first-order chi connectivity index (χ1) is 13.1. The molecule has 0 aromatic heterocycles. The van der Waals surface area contributed by atoms with Crippen LogP contribution in [-0.4, -0.2) is 43.7 Å². The monoisotopic (exact) mass is 370 g/mol. The molecule has 2 aromatic carbocycles. The van der Waals surface area contributed by atoms with E-state index in [4.69, 9.17) is 9.47 Å². The van der Waals surface area contributed by atoms with Crippen LogP contribution in [-0.2, 0) is 21.6 Å². The summed E-state index contributed by atoms with van der Waals surface area (Å²) in [5, 5.41) is 3.18. The molecular formula is C21H23FN2O3. The third kappa shape index (κ3) is 3.42. The lowest BCUT2D eigenvalue weighted by Gasteiger charge is -2.50. The first-order valence-electron chi connectivity index (χ1n) is 9.13. The molecule has 0 saturated carbocycles. The van der Waals surface area contributed by atoms with Crippen LogP contribution in [0, 0.1) is 5.82 Å². The van der Waals surface area contributed by atoms with Gasteiger partial charge in [0, 0.05) is 25.2 Å². The van der Waals surface area contributed by atoms with E-state index in [9.17, 15) is 9.18 Å². The quantitative estimate of drug-likeness (QED) is 0.898. The number of rotatable bonds is 4. The molecular weight excluding hydrogens is 347 g/mol. The van der Waals surface area contributed by atoms with Crippen molar-refractivity contribution in [3.8, 4) is 5.75 Å². The zero-order valence-electron chi connectivity index (χ0n) is 15.3. The molecule has 2 heterocycles. The molecule has 2 saturated heterocycles. The normalized spacial score (nSPS) is 25.6. The minimum atomic E-state index is -0.528. The van der Waals surface area contributed by atoms with Gasteiger partial charge in [0.15, 0.2) is 0 Å². The van der Waals surface area contributed by atoms with Crippen molar-refractivity contribution in [1.82, 2.24) is 10.2 Å². The van der Waals surface area contributed by atoms with Crippen LogP contribution in [0.2, 0.25) is 0 Å². The third-order valence-electron chi connectivity index (χ3n) is 5.51. The van der Waals surface area contributed by atoms with Crippen molar-refractivity contribution in [2.24, 2.45) is 0 Å². The van der Waals surface area contributed by atoms with Crippen LogP contribution in [0.4, 0.5) is 4.39 Å². The molecule has 5 nitrogen and oxygen atoms in total. The Morgan fingerprint density at radius 2 is 2.11 bits per heavy atom. The molecule has 2 aliphatic heterocycles. The fraction of sp³-hybridized carbons (Fsp3) is 0.381. The van der Waals surface area contributed by atoms with Gasteiger partial charge in [-0.25, -0.2) is 4.39 Å². The fourth-order valence-corrected chi connectivity index (χ4v) is 4.10. The summed E-state index contributed by atoms with van der Waals surface area (Å²) in [4.78, 5) is 14.2. The number of hydrogen-bond acceptors (Lipinski definition) is 4. The predicted octanol–water partition coefficient (Wildman–Crippen LogP) is 2.45. The molecule has 6 heteroatoms. The predicted molar refractivity (Wildman–Crippen MR) is 98.8 cm³/mol. The number of likely N-dealkylation sites (tertiary alicyclic amines) is 1. The minimum Gasteiger partial charge on any atom is -0.497 e. The van der Waals surface area contributed by atoms with Crippen molar-refractivity contribution in [2.45, 2.75) is 24.6 Å². The Morgan fingerprint density at radius 3 is 2.89 bits per heavy atom. The second-order valence-electron chi connectivity index (χ2n) is 7.13. The van der Waals surface area contributed by atoms with Gasteiger partial charge >= 0.3 is 0 Å². The van der Waals surface area contributed by atoms with E-state index in [1.807, 2.05) is 30.3 Å². The standard InChI is InChI=1S/C21H23FN2O3/c1-26-17-7-8-18(22)15(11-17)12-24-10-9-21(16-5-3-2-4-6-16)19(13-24)27-14-20(25)23-21/h2-8,11,19H,9-10,12-14H2,1H3,(H,23,25)/t19-,21+/m1/s1. The van der Waals surface area contributed by atoms with E-state index in [2.05, 4.69) is 10.2 Å². The molecule has 0 bridgehead atoms. The number of methoxy groups -OCH3 is 1. The van der Waals surface area contributed by atoms with Gasteiger partial charge < -0.3 is 14.8 Å². The molecule has 27 heavy (non-hydrogen) atoms. The van der Waals surface area contributed by atoms with E-state index in [-0.39, 0.29) is 24.4 Å². The van der Waals surface area contributed by atoms with Crippen LogP contribution in [0.15, 0.2) is 48.5 Å². The Morgan fingerprint density at radius 1 is 1.30 bits per heavy atom. The highest BCUT2D eigenvalue weighted by atomic mass is 19.1. The van der Waals surface area contributed by atoms with Crippen molar-refractivity contribution >= 4 is 5.91 Å². The molecule has 1 amide bonds. The van der Waals surface area contributed by atoms with Gasteiger partial charge in [0.1, 0.15) is 18.2 Å². The number of piperidine rings is 1. The van der Waals surface area contributed by atoms with Crippen molar-refractivity contribution in [2.75, 3.05) is 26.8 Å². The molecule has 2 aliphatic rings. The second kappa shape index (κ2) is 7.29. The van der Waals surface area contributed by atoms with E-state index in [1.165, 1.54) is 6.07 Å². The number of ether oxygens (including phenoxy) is 2. The largest absolute Gasteiger partial charge is 0.497 e. The van der Waals surface area contributed by atoms with Gasteiger partial charge in [-0.3, -0.25) is 9.69 Å². The molecule has 4 rings (SSSR count). The summed E-state index contributed by atoms with van der Waals surface area (Å²) in [6.45, 7) is 1.87. The summed E-state index contributed by atoms with van der Waals surface area (Å²) in [6.07, 6.45) is 0.527. The van der Waals surface area contributed by atoms with Gasteiger partial charge in [-0.1, -0.05) is 30.3 Å². The SMILES string of the molecule is COc1ccc(F)c(CN2CC[C@@]3(c4ccccc4)NC(=O)CO[C@@H]3C2)c1. The zero-order valence-corrected chi connectivity index (χ0v) is 15.3. The van der Waals surface area contributed by atoms with E-state index >= 15 is 0 Å². The first-order valence-corrected chi connectivity index (χ1v) is 9.13. The fourth-order valence-electron chi connectivity index (χ4n) is 4.10. The van der Waals surface area contributed by atoms with Gasteiger partial charge in [0.05, 0.1) is 18.8 Å². The van der Waals surface area contributed by atoms with Gasteiger partial charge in [0.25, 0.3) is 0 Å². The Bertz CT molecular complexity index is 829. The number of fused-ring (bicyclic) bond motifs is 1. The van der Waals surface area contributed by atoms with Crippen LogP contribution in [0.5, 0.6) is 5.75 Å². The topological polar surface area (TPSA) is 50.8 Å². The highest BCUT2D eigenvalue weighted by Gasteiger charge is 2.48. The molecule has 0 unspecified atom stereocenters. The first kappa shape index (κ1) is 17.9. The number of benzene rings is 2. The van der Waals surface area contributed by atoms with Gasteiger partial charge in [0.2, 0.25) is 5.91 Å². The maximum atomic E-state index is 14.2.